The Hall–Kier alpha value is -1.83. The summed E-state index contributed by atoms with van der Waals surface area (Å²) in [5.41, 5.74) is 1.93. The maximum atomic E-state index is 12.3. The molecule has 0 bridgehead atoms. The van der Waals surface area contributed by atoms with Gasteiger partial charge in [-0.05, 0) is 42.9 Å². The van der Waals surface area contributed by atoms with E-state index in [1.807, 2.05) is 24.3 Å². The van der Waals surface area contributed by atoms with Gasteiger partial charge < -0.3 is 4.90 Å². The van der Waals surface area contributed by atoms with Gasteiger partial charge >= 0.3 is 0 Å². The number of rotatable bonds is 5. The van der Waals surface area contributed by atoms with Crippen LogP contribution in [0.5, 0.6) is 0 Å². The quantitative estimate of drug-likeness (QED) is 0.495. The molecule has 1 saturated heterocycles. The van der Waals surface area contributed by atoms with Crippen molar-refractivity contribution >= 4 is 44.1 Å². The molecule has 0 saturated carbocycles. The number of piperazine rings is 1. The predicted octanol–water partition coefficient (Wildman–Crippen LogP) is 4.75. The van der Waals surface area contributed by atoms with Crippen molar-refractivity contribution in [3.63, 3.8) is 0 Å². The van der Waals surface area contributed by atoms with Crippen molar-refractivity contribution in [2.45, 2.75) is 6.54 Å². The summed E-state index contributed by atoms with van der Waals surface area (Å²) in [5, 5.41) is 2.37. The fourth-order valence-corrected chi connectivity index (χ4v) is 5.12. The Labute approximate surface area is 194 Å². The van der Waals surface area contributed by atoms with E-state index in [1.165, 1.54) is 15.6 Å². The highest BCUT2D eigenvalue weighted by Gasteiger charge is 2.18. The van der Waals surface area contributed by atoms with Gasteiger partial charge in [-0.15, -0.1) is 6.58 Å². The third-order valence-corrected chi connectivity index (χ3v) is 7.24. The number of nitrogens with zero attached hydrogens (tertiary/aromatic N) is 3. The van der Waals surface area contributed by atoms with Crippen LogP contribution < -0.4 is 0 Å². The van der Waals surface area contributed by atoms with Crippen molar-refractivity contribution in [3.8, 4) is 0 Å². The molecule has 1 fully saturated rings. The van der Waals surface area contributed by atoms with Crippen LogP contribution in [-0.2, 0) is 16.6 Å². The lowest BCUT2D eigenvalue weighted by Crippen LogP contribution is -2.43. The first kappa shape index (κ1) is 23.8. The Morgan fingerprint density at radius 2 is 1.65 bits per heavy atom. The Morgan fingerprint density at radius 1 is 1.00 bits per heavy atom. The second-order valence-corrected chi connectivity index (χ2v) is 10.3. The highest BCUT2D eigenvalue weighted by Crippen LogP contribution is 2.23. The zero-order valence-electron chi connectivity index (χ0n) is 17.5. The molecule has 166 valence electrons. The normalized spacial score (nSPS) is 15.5. The maximum Gasteiger partial charge on any atom is 0.242 e. The van der Waals surface area contributed by atoms with Gasteiger partial charge in [0.05, 0.1) is 11.3 Å². The molecule has 1 aliphatic heterocycles. The minimum atomic E-state index is -3.37. The highest BCUT2D eigenvalue weighted by molar-refractivity contribution is 7.90. The summed E-state index contributed by atoms with van der Waals surface area (Å²) < 4.78 is 26.0. The van der Waals surface area contributed by atoms with E-state index in [4.69, 9.17) is 23.2 Å². The zero-order valence-corrected chi connectivity index (χ0v) is 19.9. The van der Waals surface area contributed by atoms with Crippen LogP contribution in [-0.4, -0.2) is 61.2 Å². The number of fused-ring (bicyclic) bond motifs is 1. The first-order valence-corrected chi connectivity index (χ1v) is 12.4. The van der Waals surface area contributed by atoms with Crippen LogP contribution in [0.3, 0.4) is 0 Å². The molecule has 0 unspecified atom stereocenters. The van der Waals surface area contributed by atoms with Crippen molar-refractivity contribution in [2.24, 2.45) is 0 Å². The van der Waals surface area contributed by atoms with E-state index in [-0.39, 0.29) is 5.75 Å². The molecule has 0 aliphatic carbocycles. The Morgan fingerprint density at radius 3 is 2.23 bits per heavy atom. The van der Waals surface area contributed by atoms with Gasteiger partial charge in [0.1, 0.15) is 0 Å². The van der Waals surface area contributed by atoms with E-state index >= 15 is 0 Å². The third-order valence-electron chi connectivity index (χ3n) is 5.19. The van der Waals surface area contributed by atoms with Crippen LogP contribution >= 0.6 is 23.2 Å². The van der Waals surface area contributed by atoms with Crippen LogP contribution in [0.15, 0.2) is 67.4 Å². The summed E-state index contributed by atoms with van der Waals surface area (Å²) >= 11 is 11.1. The fraction of sp³-hybridized carbons (Fsp3) is 0.304. The monoisotopic (exact) mass is 479 g/mol. The molecule has 2 aromatic carbocycles. The number of hydrogen-bond donors (Lipinski definition) is 0. The largest absolute Gasteiger partial charge is 0.304 e. The fourth-order valence-electron chi connectivity index (χ4n) is 3.52. The number of benzene rings is 2. The van der Waals surface area contributed by atoms with Gasteiger partial charge in [0.15, 0.2) is 0 Å². The van der Waals surface area contributed by atoms with Crippen molar-refractivity contribution < 1.29 is 8.42 Å². The van der Waals surface area contributed by atoms with Gasteiger partial charge in [-0.3, -0.25) is 4.90 Å². The molecule has 0 spiro atoms. The molecule has 31 heavy (non-hydrogen) atoms. The standard InChI is InChI=1S/C17H23N3O2S.C6H4Cl2/c1-3-13-23(21,22)20-8-7-16-15(5-4-6-17(16)20)14-19-11-9-18(2)10-12-19;7-5-2-1-3-6(8)4-5/h3-8H,1,9-14H2,2H3;1-4H. The number of hydrogen-bond acceptors (Lipinski definition) is 4. The van der Waals surface area contributed by atoms with E-state index in [0.29, 0.717) is 10.0 Å². The average Bonchev–Trinajstić information content (AvgIpc) is 3.16. The van der Waals surface area contributed by atoms with Crippen molar-refractivity contribution in [2.75, 3.05) is 39.0 Å². The molecular weight excluding hydrogens is 453 g/mol. The lowest BCUT2D eigenvalue weighted by Gasteiger charge is -2.32. The van der Waals surface area contributed by atoms with Gasteiger partial charge in [0.2, 0.25) is 10.0 Å². The lowest BCUT2D eigenvalue weighted by molar-refractivity contribution is 0.148. The van der Waals surface area contributed by atoms with Crippen LogP contribution in [0, 0.1) is 0 Å². The van der Waals surface area contributed by atoms with Crippen LogP contribution in [0.2, 0.25) is 10.0 Å². The molecule has 0 amide bonds. The topological polar surface area (TPSA) is 45.6 Å². The van der Waals surface area contributed by atoms with E-state index in [0.717, 1.165) is 43.6 Å². The molecule has 0 atom stereocenters. The maximum absolute atomic E-state index is 12.3. The number of halogens is 2. The molecule has 2 heterocycles. The Balaban J connectivity index is 0.000000287. The SMILES string of the molecule is C=CCS(=O)(=O)n1ccc2c(CN3CCN(C)CC3)cccc21.Clc1cccc(Cl)c1. The van der Waals surface area contributed by atoms with E-state index < -0.39 is 10.0 Å². The average molecular weight is 480 g/mol. The van der Waals surface area contributed by atoms with Crippen molar-refractivity contribution in [1.29, 1.82) is 0 Å². The zero-order chi connectivity index (χ0) is 22.4. The molecule has 3 aromatic rings. The van der Waals surface area contributed by atoms with Gasteiger partial charge in [-0.1, -0.05) is 47.5 Å². The van der Waals surface area contributed by atoms with Gasteiger partial charge in [0, 0.05) is 54.4 Å². The van der Waals surface area contributed by atoms with E-state index in [9.17, 15) is 8.42 Å². The molecule has 1 aliphatic rings. The molecule has 8 heteroatoms. The van der Waals surface area contributed by atoms with Crippen molar-refractivity contribution in [3.05, 3.63) is 83.0 Å². The summed E-state index contributed by atoms with van der Waals surface area (Å²) in [6.07, 6.45) is 3.08. The number of aromatic nitrogens is 1. The molecule has 5 nitrogen and oxygen atoms in total. The molecule has 4 rings (SSSR count). The second kappa shape index (κ2) is 10.7. The summed E-state index contributed by atoms with van der Waals surface area (Å²) in [4.78, 5) is 4.75. The lowest BCUT2D eigenvalue weighted by atomic mass is 10.1. The Kier molecular flexibility index (Phi) is 8.19. The molecule has 0 N–H and O–H groups in total. The second-order valence-electron chi connectivity index (χ2n) is 7.55. The Bertz CT molecular complexity index is 1120. The summed E-state index contributed by atoms with van der Waals surface area (Å²) in [5.74, 6) is -0.0561. The summed E-state index contributed by atoms with van der Waals surface area (Å²) in [7, 11) is -1.23. The third kappa shape index (κ3) is 6.34. The molecule has 1 aromatic heterocycles. The van der Waals surface area contributed by atoms with Crippen LogP contribution in [0.4, 0.5) is 0 Å². The summed E-state index contributed by atoms with van der Waals surface area (Å²) in [6, 6.07) is 14.9. The minimum absolute atomic E-state index is 0.0561. The number of likely N-dealkylation sites (N-methyl/N-ethyl adjacent to an activating group) is 1. The van der Waals surface area contributed by atoms with E-state index in [2.05, 4.69) is 29.5 Å². The van der Waals surface area contributed by atoms with Gasteiger partial charge in [-0.25, -0.2) is 12.4 Å². The first-order valence-electron chi connectivity index (χ1n) is 10.1. The predicted molar refractivity (Wildman–Crippen MR) is 131 cm³/mol. The van der Waals surface area contributed by atoms with Crippen molar-refractivity contribution in [1.82, 2.24) is 13.8 Å². The molecular formula is C23H27Cl2N3O2S. The first-order chi connectivity index (χ1) is 14.8. The van der Waals surface area contributed by atoms with E-state index in [1.54, 1.807) is 24.4 Å². The van der Waals surface area contributed by atoms with Crippen LogP contribution in [0.25, 0.3) is 10.9 Å². The minimum Gasteiger partial charge on any atom is -0.304 e. The van der Waals surface area contributed by atoms with Gasteiger partial charge in [-0.2, -0.15) is 0 Å². The highest BCUT2D eigenvalue weighted by atomic mass is 35.5. The van der Waals surface area contributed by atoms with Crippen LogP contribution in [0.1, 0.15) is 5.56 Å². The molecule has 0 radical (unpaired) electrons. The summed E-state index contributed by atoms with van der Waals surface area (Å²) in [6.45, 7) is 8.63. The smallest absolute Gasteiger partial charge is 0.242 e. The van der Waals surface area contributed by atoms with Gasteiger partial charge in [0.25, 0.3) is 0 Å².